The van der Waals surface area contributed by atoms with E-state index in [1.54, 1.807) is 0 Å². The van der Waals surface area contributed by atoms with Crippen molar-refractivity contribution in [2.45, 2.75) is 36.8 Å². The molecule has 2 aliphatic heterocycles. The number of hydrogen-bond donors (Lipinski definition) is 0. The quantitative estimate of drug-likeness (QED) is 0.160. The molecule has 342 valence electrons. The number of benzene rings is 11. The van der Waals surface area contributed by atoms with Crippen molar-refractivity contribution >= 4 is 77.8 Å². The molecule has 0 N–H and O–H groups in total. The van der Waals surface area contributed by atoms with E-state index in [1.165, 1.54) is 147 Å². The molecule has 0 fully saturated rings. The smallest absolute Gasteiger partial charge is 0.113 e. The number of nitrogens with zero attached hydrogens (tertiary/aromatic N) is 1. The second-order valence-electron chi connectivity index (χ2n) is 21.7. The molecule has 1 nitrogen and oxygen atoms in total. The van der Waals surface area contributed by atoms with E-state index in [4.69, 9.17) is 0 Å². The first-order chi connectivity index (χ1) is 36.0. The normalized spacial score (nSPS) is 16.0. The van der Waals surface area contributed by atoms with E-state index in [1.807, 2.05) is 11.3 Å². The fraction of sp³-hybridized carbons (Fsp3) is 0.0857. The Labute approximate surface area is 430 Å². The molecule has 0 radical (unpaired) electrons. The fourth-order valence-electron chi connectivity index (χ4n) is 15.3. The maximum Gasteiger partial charge on any atom is 0.113 e. The van der Waals surface area contributed by atoms with Crippen molar-refractivity contribution in [3.8, 4) is 33.4 Å². The van der Waals surface area contributed by atoms with Crippen molar-refractivity contribution in [1.82, 2.24) is 0 Å². The highest BCUT2D eigenvalue weighted by molar-refractivity contribution is 7.27. The number of hydrogen-bond acceptors (Lipinski definition) is 2. The maximum absolute atomic E-state index is 2.68. The second-order valence-corrected chi connectivity index (χ2v) is 27.0. The van der Waals surface area contributed by atoms with Crippen molar-refractivity contribution in [1.29, 1.82) is 0 Å². The minimum absolute atomic E-state index is 0.458. The van der Waals surface area contributed by atoms with E-state index in [-0.39, 0.29) is 0 Å². The van der Waals surface area contributed by atoms with Crippen LogP contribution in [0.3, 0.4) is 0 Å². The van der Waals surface area contributed by atoms with Crippen LogP contribution in [0.15, 0.2) is 224 Å². The third kappa shape index (κ3) is 4.80. The van der Waals surface area contributed by atoms with Gasteiger partial charge in [0.1, 0.15) is 8.07 Å². The Balaban J connectivity index is 0.997. The van der Waals surface area contributed by atoms with Gasteiger partial charge in [0, 0.05) is 21.0 Å². The summed E-state index contributed by atoms with van der Waals surface area (Å²) in [5.41, 5.74) is 24.7. The van der Waals surface area contributed by atoms with Crippen molar-refractivity contribution in [2.75, 3.05) is 4.90 Å². The Morgan fingerprint density at radius 3 is 1.68 bits per heavy atom. The second kappa shape index (κ2) is 14.1. The van der Waals surface area contributed by atoms with E-state index in [0.29, 0.717) is 0 Å². The van der Waals surface area contributed by atoms with Gasteiger partial charge in [-0.15, -0.1) is 11.3 Å². The summed E-state index contributed by atoms with van der Waals surface area (Å²) in [7, 11) is -2.11. The van der Waals surface area contributed by atoms with Crippen molar-refractivity contribution in [3.05, 3.63) is 280 Å². The first-order valence-electron chi connectivity index (χ1n) is 26.0. The number of fused-ring (bicyclic) bond motifs is 18. The number of anilines is 3. The lowest BCUT2D eigenvalue weighted by Crippen LogP contribution is -2.49. The van der Waals surface area contributed by atoms with Gasteiger partial charge in [0.05, 0.1) is 32.6 Å². The van der Waals surface area contributed by atoms with Gasteiger partial charge in [0.25, 0.3) is 0 Å². The summed E-state index contributed by atoms with van der Waals surface area (Å²) in [6, 6.07) is 87.2. The zero-order valence-corrected chi connectivity index (χ0v) is 42.4. The van der Waals surface area contributed by atoms with Gasteiger partial charge in [-0.3, -0.25) is 0 Å². The molecule has 0 bridgehead atoms. The van der Waals surface area contributed by atoms with Gasteiger partial charge >= 0.3 is 0 Å². The van der Waals surface area contributed by atoms with Crippen LogP contribution in [0.5, 0.6) is 0 Å². The molecular formula is C70H47NSSi. The molecule has 0 atom stereocenters. The van der Waals surface area contributed by atoms with Gasteiger partial charge in [0.2, 0.25) is 0 Å². The fourth-order valence-corrected chi connectivity index (χ4v) is 19.8. The third-order valence-corrected chi connectivity index (χ3v) is 23.0. The van der Waals surface area contributed by atoms with Crippen LogP contribution in [0.2, 0.25) is 13.1 Å². The van der Waals surface area contributed by atoms with Gasteiger partial charge < -0.3 is 4.90 Å². The average Bonchev–Trinajstić information content (AvgIpc) is 4.20. The van der Waals surface area contributed by atoms with Crippen LogP contribution < -0.4 is 15.3 Å². The zero-order chi connectivity index (χ0) is 48.0. The number of aryl methyl sites for hydroxylation is 2. The summed E-state index contributed by atoms with van der Waals surface area (Å²) in [6.07, 6.45) is 2.20. The molecule has 0 saturated carbocycles. The Kier molecular flexibility index (Phi) is 7.83. The minimum Gasteiger partial charge on any atom is -0.308 e. The summed E-state index contributed by atoms with van der Waals surface area (Å²) >= 11 is 2.01. The van der Waals surface area contributed by atoms with Crippen LogP contribution in [-0.4, -0.2) is 8.07 Å². The minimum atomic E-state index is -2.11. The topological polar surface area (TPSA) is 3.24 Å². The molecule has 3 heterocycles. The first-order valence-corrected chi connectivity index (χ1v) is 29.9. The Hall–Kier alpha value is -8.08. The Morgan fingerprint density at radius 1 is 0.370 bits per heavy atom. The monoisotopic (exact) mass is 961 g/mol. The molecule has 12 aromatic rings. The largest absolute Gasteiger partial charge is 0.308 e. The lowest BCUT2D eigenvalue weighted by atomic mass is 9.61. The molecule has 0 saturated heterocycles. The Morgan fingerprint density at radius 2 is 0.959 bits per heavy atom. The Bertz CT molecular complexity index is 4330. The highest BCUT2D eigenvalue weighted by atomic mass is 32.1. The lowest BCUT2D eigenvalue weighted by molar-refractivity contribution is 0.732. The van der Waals surface area contributed by atoms with Crippen LogP contribution in [-0.2, 0) is 23.7 Å². The molecule has 1 aromatic heterocycles. The molecule has 17 rings (SSSR count). The zero-order valence-electron chi connectivity index (χ0n) is 40.6. The number of para-hydroxylation sites is 1. The highest BCUT2D eigenvalue weighted by Gasteiger charge is 2.52. The van der Waals surface area contributed by atoms with Crippen LogP contribution in [0.25, 0.3) is 64.3 Å². The SMILES string of the molecule is C[Si]1(C)c2ccccc2-c2cc3c(cc21)N(c1cccc2c1sc1c4c(ccc12)C1(c2ccccc2-c2ccccc21)c1ccc2c5c(ccc-4c15)CC2)c1ccccc1C3(c1ccccc1)c1ccccc1. The molecule has 1 spiro atoms. The summed E-state index contributed by atoms with van der Waals surface area (Å²) in [6.45, 7) is 5.12. The van der Waals surface area contributed by atoms with Crippen molar-refractivity contribution < 1.29 is 0 Å². The van der Waals surface area contributed by atoms with Gasteiger partial charge in [-0.05, 0) is 142 Å². The average molecular weight is 962 g/mol. The third-order valence-electron chi connectivity index (χ3n) is 18.2. The molecule has 5 aliphatic rings. The van der Waals surface area contributed by atoms with Gasteiger partial charge in [0.15, 0.2) is 0 Å². The molecule has 73 heavy (non-hydrogen) atoms. The first kappa shape index (κ1) is 40.5. The molecule has 11 aromatic carbocycles. The van der Waals surface area contributed by atoms with Crippen LogP contribution in [0.1, 0.15) is 55.6 Å². The van der Waals surface area contributed by atoms with Crippen molar-refractivity contribution in [2.24, 2.45) is 0 Å². The van der Waals surface area contributed by atoms with E-state index in [9.17, 15) is 0 Å². The summed E-state index contributed by atoms with van der Waals surface area (Å²) in [5, 5.41) is 8.61. The maximum atomic E-state index is 2.68. The summed E-state index contributed by atoms with van der Waals surface area (Å²) in [4.78, 5) is 2.68. The lowest BCUT2D eigenvalue weighted by Gasteiger charge is -2.47. The predicted octanol–water partition coefficient (Wildman–Crippen LogP) is 16.6. The standard InChI is InChI=1S/C70H47NSSi/c1-73(2)62-31-16-11-24-48(62)52-40-58-61(41-63(52)73)71(59-29-15-14-28-55(59)69(58,44-18-5-3-6-19-44)45-20-7-4-8-21-45)60-30-17-25-49-50-37-39-57-66(68(50)72-67(49)60)51-36-34-42-32-33-43-35-38-56(65(51)64(42)43)70(57)53-26-12-9-22-46(53)47-23-10-13-27-54(47)70/h3-31,34-41H,32-33H2,1-2H3. The summed E-state index contributed by atoms with van der Waals surface area (Å²) in [5.74, 6) is 0. The molecular weight excluding hydrogens is 915 g/mol. The molecule has 3 heteroatoms. The van der Waals surface area contributed by atoms with E-state index < -0.39 is 18.9 Å². The van der Waals surface area contributed by atoms with Gasteiger partial charge in [-0.25, -0.2) is 0 Å². The van der Waals surface area contributed by atoms with Gasteiger partial charge in [-0.1, -0.05) is 213 Å². The van der Waals surface area contributed by atoms with Crippen molar-refractivity contribution in [3.63, 3.8) is 0 Å². The molecule has 0 amide bonds. The van der Waals surface area contributed by atoms with E-state index in [0.717, 1.165) is 12.8 Å². The van der Waals surface area contributed by atoms with E-state index >= 15 is 0 Å². The van der Waals surface area contributed by atoms with Crippen LogP contribution in [0, 0.1) is 0 Å². The van der Waals surface area contributed by atoms with Crippen LogP contribution in [0.4, 0.5) is 17.1 Å². The predicted molar refractivity (Wildman–Crippen MR) is 309 cm³/mol. The van der Waals surface area contributed by atoms with Gasteiger partial charge in [-0.2, -0.15) is 0 Å². The number of thiophene rings is 1. The molecule has 3 aliphatic carbocycles. The van der Waals surface area contributed by atoms with Crippen LogP contribution >= 0.6 is 11.3 Å². The van der Waals surface area contributed by atoms with E-state index in [2.05, 4.69) is 242 Å². The number of rotatable bonds is 3. The highest BCUT2D eigenvalue weighted by Crippen LogP contribution is 2.65. The molecule has 0 unspecified atom stereocenters. The summed E-state index contributed by atoms with van der Waals surface area (Å²) < 4.78 is 2.69.